The molecule has 2 rings (SSSR count). The largest absolute Gasteiger partial charge is 0.493 e. The van der Waals surface area contributed by atoms with Gasteiger partial charge in [0.05, 0.1) is 20.0 Å². The Bertz CT molecular complexity index is 765. The van der Waals surface area contributed by atoms with Crippen LogP contribution in [-0.2, 0) is 10.5 Å². The van der Waals surface area contributed by atoms with Crippen LogP contribution in [0.15, 0.2) is 30.3 Å². The molecule has 0 aliphatic heterocycles. The molecule has 0 bridgehead atoms. The summed E-state index contributed by atoms with van der Waals surface area (Å²) >= 11 is 7.62. The Morgan fingerprint density at radius 2 is 1.84 bits per heavy atom. The predicted molar refractivity (Wildman–Crippen MR) is 105 cm³/mol. The second-order valence-corrected chi connectivity index (χ2v) is 6.98. The summed E-state index contributed by atoms with van der Waals surface area (Å²) in [5.41, 5.74) is 3.85. The fourth-order valence-electron chi connectivity index (χ4n) is 2.36. The van der Waals surface area contributed by atoms with Gasteiger partial charge in [0.2, 0.25) is 5.91 Å². The monoisotopic (exact) mass is 379 g/mol. The zero-order valence-corrected chi connectivity index (χ0v) is 16.4. The summed E-state index contributed by atoms with van der Waals surface area (Å²) in [5.74, 6) is 2.44. The Morgan fingerprint density at radius 1 is 1.16 bits per heavy atom. The van der Waals surface area contributed by atoms with Gasteiger partial charge in [-0.15, -0.1) is 11.8 Å². The summed E-state index contributed by atoms with van der Waals surface area (Å²) < 4.78 is 10.6. The number of aryl methyl sites for hydroxylation is 1. The molecule has 134 valence electrons. The van der Waals surface area contributed by atoms with Gasteiger partial charge < -0.3 is 14.8 Å². The van der Waals surface area contributed by atoms with E-state index in [0.29, 0.717) is 28.0 Å². The summed E-state index contributed by atoms with van der Waals surface area (Å²) in [6, 6.07) is 9.39. The van der Waals surface area contributed by atoms with Crippen LogP contribution in [0.2, 0.25) is 5.02 Å². The third-order valence-electron chi connectivity index (χ3n) is 3.87. The van der Waals surface area contributed by atoms with Crippen molar-refractivity contribution >= 4 is 35.0 Å². The van der Waals surface area contributed by atoms with E-state index in [2.05, 4.69) is 5.32 Å². The number of halogens is 1. The SMILES string of the molecule is COc1cc(C)c(CSCC(=O)Nc2cccc(Cl)c2C)cc1OC. The number of nitrogens with one attached hydrogen (secondary N) is 1. The van der Waals surface area contributed by atoms with E-state index in [1.54, 1.807) is 32.0 Å². The molecule has 0 radical (unpaired) electrons. The second-order valence-electron chi connectivity index (χ2n) is 5.59. The Kier molecular flexibility index (Phi) is 7.02. The lowest BCUT2D eigenvalue weighted by atomic mass is 10.1. The molecule has 0 saturated heterocycles. The molecular formula is C19H22ClNO3S. The van der Waals surface area contributed by atoms with Gasteiger partial charge in [-0.2, -0.15) is 0 Å². The maximum absolute atomic E-state index is 12.2. The number of amides is 1. The van der Waals surface area contributed by atoms with E-state index in [0.717, 1.165) is 22.4 Å². The van der Waals surface area contributed by atoms with Gasteiger partial charge >= 0.3 is 0 Å². The number of carbonyl (C=O) groups excluding carboxylic acids is 1. The summed E-state index contributed by atoms with van der Waals surface area (Å²) in [5, 5.41) is 3.55. The fraction of sp³-hybridized carbons (Fsp3) is 0.316. The molecular weight excluding hydrogens is 358 g/mol. The van der Waals surface area contributed by atoms with Gasteiger partial charge in [0.25, 0.3) is 0 Å². The first kappa shape index (κ1) is 19.5. The summed E-state index contributed by atoms with van der Waals surface area (Å²) in [6.45, 7) is 3.91. The van der Waals surface area contributed by atoms with Crippen LogP contribution < -0.4 is 14.8 Å². The van der Waals surface area contributed by atoms with E-state index in [9.17, 15) is 4.79 Å². The minimum atomic E-state index is -0.0477. The summed E-state index contributed by atoms with van der Waals surface area (Å²) in [6.07, 6.45) is 0. The fourth-order valence-corrected chi connectivity index (χ4v) is 3.43. The second kappa shape index (κ2) is 9.02. The van der Waals surface area contributed by atoms with Gasteiger partial charge in [0.15, 0.2) is 11.5 Å². The highest BCUT2D eigenvalue weighted by molar-refractivity contribution is 7.99. The molecule has 2 aromatic rings. The zero-order chi connectivity index (χ0) is 18.4. The molecule has 0 unspecified atom stereocenters. The zero-order valence-electron chi connectivity index (χ0n) is 14.8. The molecule has 0 spiro atoms. The maximum atomic E-state index is 12.2. The van der Waals surface area contributed by atoms with E-state index in [4.69, 9.17) is 21.1 Å². The van der Waals surface area contributed by atoms with Crippen molar-refractivity contribution < 1.29 is 14.3 Å². The standard InChI is InChI=1S/C19H22ClNO3S/c1-12-8-17(23-3)18(24-4)9-14(12)10-25-11-19(22)21-16-7-5-6-15(20)13(16)2/h5-9H,10-11H2,1-4H3,(H,21,22). The number of methoxy groups -OCH3 is 2. The van der Waals surface area contributed by atoms with E-state index >= 15 is 0 Å². The van der Waals surface area contributed by atoms with Gasteiger partial charge in [-0.25, -0.2) is 0 Å². The highest BCUT2D eigenvalue weighted by Crippen LogP contribution is 2.32. The van der Waals surface area contributed by atoms with Crippen LogP contribution in [0.25, 0.3) is 0 Å². The maximum Gasteiger partial charge on any atom is 0.234 e. The molecule has 1 amide bonds. The van der Waals surface area contributed by atoms with Crippen LogP contribution in [0, 0.1) is 13.8 Å². The van der Waals surface area contributed by atoms with E-state index in [1.165, 1.54) is 0 Å². The van der Waals surface area contributed by atoms with Crippen molar-refractivity contribution in [2.24, 2.45) is 0 Å². The third kappa shape index (κ3) is 5.06. The highest BCUT2D eigenvalue weighted by atomic mass is 35.5. The van der Waals surface area contributed by atoms with Crippen molar-refractivity contribution in [2.75, 3.05) is 25.3 Å². The number of ether oxygens (including phenoxy) is 2. The lowest BCUT2D eigenvalue weighted by Crippen LogP contribution is -2.15. The van der Waals surface area contributed by atoms with Crippen LogP contribution in [0.3, 0.4) is 0 Å². The Morgan fingerprint density at radius 3 is 2.52 bits per heavy atom. The van der Waals surface area contributed by atoms with Gasteiger partial charge in [-0.1, -0.05) is 17.7 Å². The Hall–Kier alpha value is -1.85. The van der Waals surface area contributed by atoms with Gasteiger partial charge in [0.1, 0.15) is 0 Å². The van der Waals surface area contributed by atoms with Gasteiger partial charge in [0, 0.05) is 16.5 Å². The molecule has 0 atom stereocenters. The average molecular weight is 380 g/mol. The number of hydrogen-bond acceptors (Lipinski definition) is 4. The van der Waals surface area contributed by atoms with Crippen molar-refractivity contribution in [1.82, 2.24) is 0 Å². The molecule has 6 heteroatoms. The first-order valence-corrected chi connectivity index (χ1v) is 9.33. The van der Waals surface area contributed by atoms with Crippen LogP contribution in [0.1, 0.15) is 16.7 Å². The molecule has 0 fully saturated rings. The molecule has 0 aromatic heterocycles. The lowest BCUT2D eigenvalue weighted by molar-refractivity contribution is -0.113. The van der Waals surface area contributed by atoms with Crippen LogP contribution in [0.5, 0.6) is 11.5 Å². The van der Waals surface area contributed by atoms with Crippen molar-refractivity contribution in [3.05, 3.63) is 52.0 Å². The first-order valence-electron chi connectivity index (χ1n) is 7.80. The van der Waals surface area contributed by atoms with Crippen molar-refractivity contribution in [2.45, 2.75) is 19.6 Å². The number of rotatable bonds is 7. The van der Waals surface area contributed by atoms with Gasteiger partial charge in [-0.3, -0.25) is 4.79 Å². The third-order valence-corrected chi connectivity index (χ3v) is 5.27. The van der Waals surface area contributed by atoms with Gasteiger partial charge in [-0.05, 0) is 54.8 Å². The highest BCUT2D eigenvalue weighted by Gasteiger charge is 2.10. The molecule has 25 heavy (non-hydrogen) atoms. The van der Waals surface area contributed by atoms with Crippen molar-refractivity contribution in [3.63, 3.8) is 0 Å². The summed E-state index contributed by atoms with van der Waals surface area (Å²) in [4.78, 5) is 12.2. The van der Waals surface area contributed by atoms with Crippen LogP contribution >= 0.6 is 23.4 Å². The molecule has 0 heterocycles. The normalized spacial score (nSPS) is 10.4. The molecule has 1 N–H and O–H groups in total. The molecule has 0 aliphatic carbocycles. The predicted octanol–water partition coefficient (Wildman–Crippen LogP) is 4.85. The minimum Gasteiger partial charge on any atom is -0.493 e. The van der Waals surface area contributed by atoms with Crippen LogP contribution in [-0.4, -0.2) is 25.9 Å². The van der Waals surface area contributed by atoms with E-state index in [-0.39, 0.29) is 5.91 Å². The molecule has 0 aliphatic rings. The lowest BCUT2D eigenvalue weighted by Gasteiger charge is -2.13. The smallest absolute Gasteiger partial charge is 0.234 e. The van der Waals surface area contributed by atoms with Crippen molar-refractivity contribution in [1.29, 1.82) is 0 Å². The number of hydrogen-bond donors (Lipinski definition) is 1. The summed E-state index contributed by atoms with van der Waals surface area (Å²) in [7, 11) is 3.23. The number of thioether (sulfide) groups is 1. The quantitative estimate of drug-likeness (QED) is 0.747. The molecule has 0 saturated carbocycles. The molecule has 2 aromatic carbocycles. The van der Waals surface area contributed by atoms with E-state index in [1.807, 2.05) is 38.1 Å². The topological polar surface area (TPSA) is 47.6 Å². The van der Waals surface area contributed by atoms with Crippen LogP contribution in [0.4, 0.5) is 5.69 Å². The Balaban J connectivity index is 1.94. The minimum absolute atomic E-state index is 0.0477. The van der Waals surface area contributed by atoms with E-state index < -0.39 is 0 Å². The number of anilines is 1. The Labute approximate surface area is 157 Å². The average Bonchev–Trinajstić information content (AvgIpc) is 2.60. The first-order chi connectivity index (χ1) is 12.0. The number of carbonyl (C=O) groups is 1. The van der Waals surface area contributed by atoms with Crippen molar-refractivity contribution in [3.8, 4) is 11.5 Å². The number of benzene rings is 2. The molecule has 4 nitrogen and oxygen atoms in total.